The largest absolute Gasteiger partial charge is 0.309 e. The van der Waals surface area contributed by atoms with E-state index in [9.17, 15) is 0 Å². The predicted octanol–water partition coefficient (Wildman–Crippen LogP) is 12.7. The van der Waals surface area contributed by atoms with Gasteiger partial charge in [-0.2, -0.15) is 0 Å². The van der Waals surface area contributed by atoms with Crippen molar-refractivity contribution >= 4 is 64.1 Å². The molecule has 1 nitrogen and oxygen atoms in total. The Bertz CT molecular complexity index is 2710. The van der Waals surface area contributed by atoms with E-state index in [2.05, 4.69) is 168 Å². The highest BCUT2D eigenvalue weighted by molar-refractivity contribution is 7.25. The van der Waals surface area contributed by atoms with Crippen molar-refractivity contribution in [3.8, 4) is 39.1 Å². The van der Waals surface area contributed by atoms with Gasteiger partial charge in [0, 0.05) is 36.6 Å². The predicted molar refractivity (Wildman–Crippen MR) is 199 cm³/mol. The molecule has 214 valence electrons. The average molecular weight is 602 g/mol. The smallest absolute Gasteiger partial charge is 0.0553 e. The highest BCUT2D eigenvalue weighted by Crippen LogP contribution is 2.41. The Labute approximate surface area is 270 Å². The minimum atomic E-state index is 1.17. The number of hydrogen-bond donors (Lipinski definition) is 0. The number of hydrogen-bond acceptors (Lipinski definition) is 1. The highest BCUT2D eigenvalue weighted by Gasteiger charge is 2.18. The Morgan fingerprint density at radius 2 is 0.978 bits per heavy atom. The van der Waals surface area contributed by atoms with Crippen LogP contribution in [0, 0.1) is 0 Å². The Morgan fingerprint density at radius 3 is 1.80 bits per heavy atom. The first kappa shape index (κ1) is 25.6. The van der Waals surface area contributed by atoms with Crippen LogP contribution in [-0.2, 0) is 0 Å². The second-order valence-electron chi connectivity index (χ2n) is 12.2. The molecule has 46 heavy (non-hydrogen) atoms. The molecule has 10 rings (SSSR count). The highest BCUT2D eigenvalue weighted by atomic mass is 32.1. The van der Waals surface area contributed by atoms with Crippen LogP contribution in [0.1, 0.15) is 0 Å². The molecule has 0 bridgehead atoms. The Balaban J connectivity index is 1.04. The van der Waals surface area contributed by atoms with Gasteiger partial charge in [0.1, 0.15) is 0 Å². The summed E-state index contributed by atoms with van der Waals surface area (Å²) in [5.74, 6) is 0. The summed E-state index contributed by atoms with van der Waals surface area (Å²) in [6.45, 7) is 0. The maximum Gasteiger partial charge on any atom is 0.0553 e. The zero-order valence-electron chi connectivity index (χ0n) is 24.9. The fourth-order valence-corrected chi connectivity index (χ4v) is 8.42. The van der Waals surface area contributed by atoms with E-state index in [-0.39, 0.29) is 0 Å². The molecule has 0 fully saturated rings. The average Bonchev–Trinajstić information content (AvgIpc) is 3.67. The second kappa shape index (κ2) is 9.90. The molecule has 10 aromatic rings. The van der Waals surface area contributed by atoms with Crippen LogP contribution in [0.4, 0.5) is 0 Å². The van der Waals surface area contributed by atoms with Crippen molar-refractivity contribution in [3.63, 3.8) is 0 Å². The quantitative estimate of drug-likeness (QED) is 0.177. The lowest BCUT2D eigenvalue weighted by atomic mass is 9.97. The van der Waals surface area contributed by atoms with Crippen molar-refractivity contribution in [2.45, 2.75) is 0 Å². The normalized spacial score (nSPS) is 11.9. The van der Waals surface area contributed by atoms with E-state index < -0.39 is 0 Å². The van der Waals surface area contributed by atoms with Gasteiger partial charge >= 0.3 is 0 Å². The maximum atomic E-state index is 2.44. The van der Waals surface area contributed by atoms with Gasteiger partial charge in [0.2, 0.25) is 0 Å². The molecule has 2 heterocycles. The summed E-state index contributed by atoms with van der Waals surface area (Å²) in [6, 6.07) is 60.2. The van der Waals surface area contributed by atoms with E-state index in [0.717, 1.165) is 0 Å². The lowest BCUT2D eigenvalue weighted by Crippen LogP contribution is -1.94. The molecule has 2 aromatic heterocycles. The van der Waals surface area contributed by atoms with E-state index in [4.69, 9.17) is 0 Å². The summed E-state index contributed by atoms with van der Waals surface area (Å²) in [6.07, 6.45) is 0. The molecular formula is C44H27NS. The van der Waals surface area contributed by atoms with Crippen LogP contribution < -0.4 is 0 Å². The maximum absolute atomic E-state index is 2.44. The minimum Gasteiger partial charge on any atom is -0.309 e. The molecule has 0 aliphatic rings. The van der Waals surface area contributed by atoms with E-state index in [1.807, 2.05) is 11.3 Å². The molecule has 0 radical (unpaired) electrons. The van der Waals surface area contributed by atoms with Crippen molar-refractivity contribution < 1.29 is 0 Å². The van der Waals surface area contributed by atoms with E-state index in [1.165, 1.54) is 91.8 Å². The van der Waals surface area contributed by atoms with Crippen LogP contribution in [0.5, 0.6) is 0 Å². The lowest BCUT2D eigenvalue weighted by molar-refractivity contribution is 1.18. The fraction of sp³-hybridized carbons (Fsp3) is 0. The summed E-state index contributed by atoms with van der Waals surface area (Å²) < 4.78 is 5.12. The molecule has 0 spiro atoms. The third-order valence-electron chi connectivity index (χ3n) is 9.56. The van der Waals surface area contributed by atoms with Gasteiger partial charge in [0.15, 0.2) is 0 Å². The number of aromatic nitrogens is 1. The zero-order valence-corrected chi connectivity index (χ0v) is 25.8. The summed E-state index contributed by atoms with van der Waals surface area (Å²) in [5, 5.41) is 7.91. The van der Waals surface area contributed by atoms with Gasteiger partial charge in [-0.1, -0.05) is 115 Å². The number of nitrogens with zero attached hydrogens (tertiary/aromatic N) is 1. The van der Waals surface area contributed by atoms with E-state index in [1.54, 1.807) is 0 Å². The van der Waals surface area contributed by atoms with Crippen molar-refractivity contribution in [1.82, 2.24) is 4.57 Å². The van der Waals surface area contributed by atoms with E-state index >= 15 is 0 Å². The number of thiophene rings is 1. The van der Waals surface area contributed by atoms with Gasteiger partial charge in [-0.05, 0) is 92.7 Å². The molecule has 0 saturated heterocycles. The summed E-state index contributed by atoms with van der Waals surface area (Å²) in [5.41, 5.74) is 11.1. The van der Waals surface area contributed by atoms with Gasteiger partial charge in [-0.15, -0.1) is 11.3 Å². The number of benzene rings is 8. The third kappa shape index (κ3) is 3.87. The van der Waals surface area contributed by atoms with Crippen molar-refractivity contribution in [2.75, 3.05) is 0 Å². The van der Waals surface area contributed by atoms with Gasteiger partial charge in [-0.25, -0.2) is 0 Å². The molecule has 0 saturated carbocycles. The molecule has 8 aromatic carbocycles. The first-order valence-electron chi connectivity index (χ1n) is 15.8. The van der Waals surface area contributed by atoms with Gasteiger partial charge in [-0.3, -0.25) is 0 Å². The van der Waals surface area contributed by atoms with Crippen LogP contribution >= 0.6 is 11.3 Å². The fourth-order valence-electron chi connectivity index (χ4n) is 7.33. The molecule has 0 unspecified atom stereocenters. The van der Waals surface area contributed by atoms with Gasteiger partial charge in [0.25, 0.3) is 0 Å². The molecule has 2 heteroatoms. The van der Waals surface area contributed by atoms with Crippen LogP contribution in [0.3, 0.4) is 0 Å². The molecular weight excluding hydrogens is 575 g/mol. The molecule has 0 aliphatic carbocycles. The Morgan fingerprint density at radius 1 is 0.348 bits per heavy atom. The first-order chi connectivity index (χ1) is 22.8. The van der Waals surface area contributed by atoms with Crippen molar-refractivity contribution in [2.24, 2.45) is 0 Å². The first-order valence-corrected chi connectivity index (χ1v) is 16.6. The Hall–Kier alpha value is -5.70. The van der Waals surface area contributed by atoms with Gasteiger partial charge in [0.05, 0.1) is 11.0 Å². The lowest BCUT2D eigenvalue weighted by Gasteiger charge is -2.11. The second-order valence-corrected chi connectivity index (χ2v) is 13.3. The van der Waals surface area contributed by atoms with Crippen molar-refractivity contribution in [1.29, 1.82) is 0 Å². The third-order valence-corrected chi connectivity index (χ3v) is 10.7. The number of rotatable bonds is 4. The summed E-state index contributed by atoms with van der Waals surface area (Å²) in [4.78, 5) is 0. The summed E-state index contributed by atoms with van der Waals surface area (Å²) in [7, 11) is 0. The van der Waals surface area contributed by atoms with Crippen LogP contribution in [-0.4, -0.2) is 4.57 Å². The standard InChI is InChI=1S/C44H27NS/c1-2-7-28(8-3-1)35-25-34-18-17-32-9-6-11-39-43(32)44(34)40(27-35)45(39)36-22-19-30(20-23-36)29-13-15-31(16-14-29)33-21-24-42-38(26-33)37-10-4-5-12-41(37)46-42/h1-27H. The number of fused-ring (bicyclic) bond motifs is 3. The van der Waals surface area contributed by atoms with E-state index in [0.29, 0.717) is 0 Å². The molecule has 0 amide bonds. The Kier molecular flexibility index (Phi) is 5.51. The SMILES string of the molecule is c1ccc(-c2cc3ccc4cccc5c4c3c(c2)n5-c2ccc(-c3ccc(-c4ccc5sc6ccccc6c5c4)cc3)cc2)cc1. The van der Waals surface area contributed by atoms with Gasteiger partial charge < -0.3 is 4.57 Å². The molecule has 0 N–H and O–H groups in total. The topological polar surface area (TPSA) is 4.93 Å². The summed E-state index contributed by atoms with van der Waals surface area (Å²) >= 11 is 1.87. The minimum absolute atomic E-state index is 1.17. The monoisotopic (exact) mass is 601 g/mol. The zero-order chi connectivity index (χ0) is 30.2. The van der Waals surface area contributed by atoms with Crippen molar-refractivity contribution in [3.05, 3.63) is 164 Å². The molecule has 0 atom stereocenters. The van der Waals surface area contributed by atoms with Crippen LogP contribution in [0.25, 0.3) is 91.8 Å². The van der Waals surface area contributed by atoms with Crippen LogP contribution in [0.15, 0.2) is 164 Å². The van der Waals surface area contributed by atoms with Crippen LogP contribution in [0.2, 0.25) is 0 Å². The molecule has 0 aliphatic heterocycles.